The number of hydrogen-bond donors (Lipinski definition) is 2. The molecule has 0 spiro atoms. The Kier molecular flexibility index (Phi) is 7.11. The first-order valence-electron chi connectivity index (χ1n) is 11.5. The highest BCUT2D eigenvalue weighted by atomic mass is 32.2. The number of likely N-dealkylation sites (tertiary alicyclic amines) is 1. The van der Waals surface area contributed by atoms with Gasteiger partial charge in [-0.05, 0) is 82.1 Å². The summed E-state index contributed by atoms with van der Waals surface area (Å²) in [4.78, 5) is 16.3. The smallest absolute Gasteiger partial charge is 0.323 e. The second-order valence-electron chi connectivity index (χ2n) is 9.08. The van der Waals surface area contributed by atoms with Crippen LogP contribution >= 0.6 is 11.8 Å². The average Bonchev–Trinajstić information content (AvgIpc) is 3.16. The standard InChI is InChI=1S/C26H33N3O2S/c1-17(2)29-12-10-19(11-13-29)24-16-31-25-9-8-21(15-23(24)25)28-26(30)27-20-6-5-7-22(14-20)32-18(3)4/h5-9,14-19H,10-13H2,1-4H3,(H2,27,28,30). The maximum Gasteiger partial charge on any atom is 0.323 e. The van der Waals surface area contributed by atoms with Crippen LogP contribution in [0.2, 0.25) is 0 Å². The fourth-order valence-electron chi connectivity index (χ4n) is 4.38. The number of rotatable bonds is 6. The largest absolute Gasteiger partial charge is 0.464 e. The van der Waals surface area contributed by atoms with E-state index in [2.05, 4.69) is 49.3 Å². The van der Waals surface area contributed by atoms with Crippen LogP contribution in [0.5, 0.6) is 0 Å². The topological polar surface area (TPSA) is 57.5 Å². The Morgan fingerprint density at radius 3 is 2.44 bits per heavy atom. The van der Waals surface area contributed by atoms with Crippen molar-refractivity contribution in [2.45, 2.75) is 62.6 Å². The summed E-state index contributed by atoms with van der Waals surface area (Å²) in [6, 6.07) is 14.2. The average molecular weight is 452 g/mol. The van der Waals surface area contributed by atoms with Gasteiger partial charge in [-0.25, -0.2) is 4.79 Å². The molecular formula is C26H33N3O2S. The van der Waals surface area contributed by atoms with Crippen molar-refractivity contribution in [1.82, 2.24) is 4.90 Å². The lowest BCUT2D eigenvalue weighted by Crippen LogP contribution is -2.37. The molecule has 1 aliphatic rings. The molecule has 2 heterocycles. The molecule has 0 bridgehead atoms. The maximum atomic E-state index is 12.6. The second kappa shape index (κ2) is 10.0. The SMILES string of the molecule is CC(C)Sc1cccc(NC(=O)Nc2ccc3occ(C4CCN(C(C)C)CC4)c3c2)c1. The molecule has 3 aromatic rings. The molecule has 2 amide bonds. The predicted octanol–water partition coefficient (Wildman–Crippen LogP) is 7.17. The lowest BCUT2D eigenvalue weighted by atomic mass is 9.88. The van der Waals surface area contributed by atoms with Crippen molar-refractivity contribution in [2.24, 2.45) is 0 Å². The van der Waals surface area contributed by atoms with Crippen LogP contribution in [0, 0.1) is 0 Å². The molecule has 1 fully saturated rings. The number of urea groups is 1. The van der Waals surface area contributed by atoms with E-state index >= 15 is 0 Å². The summed E-state index contributed by atoms with van der Waals surface area (Å²) >= 11 is 1.78. The number of benzene rings is 2. The summed E-state index contributed by atoms with van der Waals surface area (Å²) in [5, 5.41) is 7.52. The Hall–Kier alpha value is -2.44. The fraction of sp³-hybridized carbons (Fsp3) is 0.423. The summed E-state index contributed by atoms with van der Waals surface area (Å²) in [7, 11) is 0. The van der Waals surface area contributed by atoms with E-state index in [9.17, 15) is 4.79 Å². The van der Waals surface area contributed by atoms with Crippen molar-refractivity contribution in [3.8, 4) is 0 Å². The first kappa shape index (κ1) is 22.7. The van der Waals surface area contributed by atoms with Crippen LogP contribution in [-0.2, 0) is 0 Å². The molecule has 0 aliphatic carbocycles. The number of nitrogens with zero attached hydrogens (tertiary/aromatic N) is 1. The van der Waals surface area contributed by atoms with Crippen molar-refractivity contribution in [3.63, 3.8) is 0 Å². The highest BCUT2D eigenvalue weighted by Gasteiger charge is 2.24. The zero-order valence-corrected chi connectivity index (χ0v) is 20.2. The zero-order chi connectivity index (χ0) is 22.7. The summed E-state index contributed by atoms with van der Waals surface area (Å²) < 4.78 is 5.83. The number of hydrogen-bond acceptors (Lipinski definition) is 4. The molecule has 0 unspecified atom stereocenters. The Morgan fingerprint density at radius 1 is 1.03 bits per heavy atom. The van der Waals surface area contributed by atoms with E-state index in [1.165, 1.54) is 5.56 Å². The van der Waals surface area contributed by atoms with E-state index in [-0.39, 0.29) is 6.03 Å². The minimum atomic E-state index is -0.244. The Balaban J connectivity index is 1.44. The number of anilines is 2. The van der Waals surface area contributed by atoms with E-state index in [0.717, 1.165) is 53.2 Å². The first-order chi connectivity index (χ1) is 15.4. The van der Waals surface area contributed by atoms with Gasteiger partial charge in [0.2, 0.25) is 0 Å². The first-order valence-corrected chi connectivity index (χ1v) is 12.4. The second-order valence-corrected chi connectivity index (χ2v) is 10.7. The molecule has 5 nitrogen and oxygen atoms in total. The molecule has 0 atom stereocenters. The molecule has 4 rings (SSSR count). The van der Waals surface area contributed by atoms with Gasteiger partial charge in [0.15, 0.2) is 0 Å². The van der Waals surface area contributed by atoms with Crippen LogP contribution in [0.3, 0.4) is 0 Å². The lowest BCUT2D eigenvalue weighted by molar-refractivity contribution is 0.172. The summed E-state index contributed by atoms with van der Waals surface area (Å²) in [5.74, 6) is 0.497. The summed E-state index contributed by atoms with van der Waals surface area (Å²) in [5.41, 5.74) is 3.68. The van der Waals surface area contributed by atoms with Crippen molar-refractivity contribution >= 4 is 40.1 Å². The van der Waals surface area contributed by atoms with Gasteiger partial charge in [0.1, 0.15) is 5.58 Å². The van der Waals surface area contributed by atoms with Crippen LogP contribution in [0.15, 0.2) is 58.0 Å². The van der Waals surface area contributed by atoms with E-state index < -0.39 is 0 Å². The fourth-order valence-corrected chi connectivity index (χ4v) is 5.28. The van der Waals surface area contributed by atoms with Crippen LogP contribution < -0.4 is 10.6 Å². The highest BCUT2D eigenvalue weighted by molar-refractivity contribution is 7.99. The molecule has 2 N–H and O–H groups in total. The molecule has 170 valence electrons. The third-order valence-electron chi connectivity index (χ3n) is 6.02. The number of amides is 2. The number of piperidine rings is 1. The molecule has 6 heteroatoms. The summed E-state index contributed by atoms with van der Waals surface area (Å²) in [6.45, 7) is 11.1. The third-order valence-corrected chi connectivity index (χ3v) is 7.02. The van der Waals surface area contributed by atoms with Crippen molar-refractivity contribution in [2.75, 3.05) is 23.7 Å². The Morgan fingerprint density at radius 2 is 1.75 bits per heavy atom. The molecule has 1 saturated heterocycles. The molecule has 0 radical (unpaired) electrons. The van der Waals surface area contributed by atoms with Crippen LogP contribution in [-0.4, -0.2) is 35.3 Å². The van der Waals surface area contributed by atoms with Gasteiger partial charge < -0.3 is 20.0 Å². The van der Waals surface area contributed by atoms with Gasteiger partial charge >= 0.3 is 6.03 Å². The molecular weight excluding hydrogens is 418 g/mol. The number of nitrogens with one attached hydrogen (secondary N) is 2. The van der Waals surface area contributed by atoms with E-state index in [0.29, 0.717) is 17.2 Å². The molecule has 0 saturated carbocycles. The van der Waals surface area contributed by atoms with Crippen molar-refractivity contribution in [3.05, 3.63) is 54.3 Å². The third kappa shape index (κ3) is 5.48. The van der Waals surface area contributed by atoms with Crippen LogP contribution in [0.1, 0.15) is 52.0 Å². The van der Waals surface area contributed by atoms with Gasteiger partial charge in [-0.1, -0.05) is 19.9 Å². The number of fused-ring (bicyclic) bond motifs is 1. The monoisotopic (exact) mass is 451 g/mol. The quantitative estimate of drug-likeness (QED) is 0.390. The van der Waals surface area contributed by atoms with Gasteiger partial charge in [-0.15, -0.1) is 11.8 Å². The zero-order valence-electron chi connectivity index (χ0n) is 19.4. The van der Waals surface area contributed by atoms with E-state index in [1.807, 2.05) is 42.7 Å². The number of thioether (sulfide) groups is 1. The predicted molar refractivity (Wildman–Crippen MR) is 135 cm³/mol. The lowest BCUT2D eigenvalue weighted by Gasteiger charge is -2.34. The highest BCUT2D eigenvalue weighted by Crippen LogP contribution is 2.36. The Bertz CT molecular complexity index is 1070. The van der Waals surface area contributed by atoms with Gasteiger partial charge in [-0.2, -0.15) is 0 Å². The van der Waals surface area contributed by atoms with Gasteiger partial charge in [0.05, 0.1) is 6.26 Å². The Labute approximate surface area is 194 Å². The molecule has 32 heavy (non-hydrogen) atoms. The molecule has 1 aliphatic heterocycles. The normalized spacial score (nSPS) is 15.6. The molecule has 2 aromatic carbocycles. The molecule has 1 aromatic heterocycles. The van der Waals surface area contributed by atoms with Crippen molar-refractivity contribution in [1.29, 1.82) is 0 Å². The van der Waals surface area contributed by atoms with E-state index in [1.54, 1.807) is 11.8 Å². The van der Waals surface area contributed by atoms with Crippen molar-refractivity contribution < 1.29 is 9.21 Å². The van der Waals surface area contributed by atoms with E-state index in [4.69, 9.17) is 4.42 Å². The number of furan rings is 1. The van der Waals surface area contributed by atoms with Gasteiger partial charge in [-0.3, -0.25) is 0 Å². The summed E-state index contributed by atoms with van der Waals surface area (Å²) in [6.07, 6.45) is 4.17. The van der Waals surface area contributed by atoms with Gasteiger partial charge in [0, 0.05) is 38.5 Å². The minimum Gasteiger partial charge on any atom is -0.464 e. The van der Waals surface area contributed by atoms with Crippen LogP contribution in [0.4, 0.5) is 16.2 Å². The minimum absolute atomic E-state index is 0.244. The maximum absolute atomic E-state index is 12.6. The number of carbonyl (C=O) groups excluding carboxylic acids is 1. The van der Waals surface area contributed by atoms with Crippen LogP contribution in [0.25, 0.3) is 11.0 Å². The van der Waals surface area contributed by atoms with Gasteiger partial charge in [0.25, 0.3) is 0 Å². The number of carbonyl (C=O) groups is 1.